The molecule has 0 amide bonds. The number of benzene rings is 1. The molecule has 0 fully saturated rings. The van der Waals surface area contributed by atoms with Crippen LogP contribution in [0.15, 0.2) is 22.7 Å². The normalized spacial score (nSPS) is 13.2. The first-order valence-electron chi connectivity index (χ1n) is 7.26. The summed E-state index contributed by atoms with van der Waals surface area (Å²) in [6, 6.07) is 3.82. The summed E-state index contributed by atoms with van der Waals surface area (Å²) in [4.78, 5) is 4.01. The summed E-state index contributed by atoms with van der Waals surface area (Å²) in [6.07, 6.45) is 0.202. The SMILES string of the molecule is CCCc1noc(CS(=O)(=O)CC(O)c2ccc(F)cc2C)n1. The van der Waals surface area contributed by atoms with Gasteiger partial charge in [-0.1, -0.05) is 18.1 Å². The monoisotopic (exact) mass is 342 g/mol. The molecule has 0 saturated heterocycles. The Balaban J connectivity index is 2.07. The Labute approximate surface area is 134 Å². The van der Waals surface area contributed by atoms with Gasteiger partial charge < -0.3 is 9.63 Å². The fraction of sp³-hybridized carbons (Fsp3) is 0.467. The Kier molecular flexibility index (Phi) is 5.48. The molecule has 6 nitrogen and oxygen atoms in total. The molecule has 1 heterocycles. The minimum atomic E-state index is -3.65. The Morgan fingerprint density at radius 1 is 1.39 bits per heavy atom. The minimum Gasteiger partial charge on any atom is -0.387 e. The second-order valence-electron chi connectivity index (χ2n) is 5.43. The van der Waals surface area contributed by atoms with Crippen molar-refractivity contribution in [3.63, 3.8) is 0 Å². The van der Waals surface area contributed by atoms with E-state index in [1.807, 2.05) is 6.92 Å². The number of aliphatic hydroxyl groups is 1. The van der Waals surface area contributed by atoms with Crippen molar-refractivity contribution in [2.45, 2.75) is 38.5 Å². The van der Waals surface area contributed by atoms with Crippen LogP contribution >= 0.6 is 0 Å². The van der Waals surface area contributed by atoms with Gasteiger partial charge >= 0.3 is 0 Å². The molecule has 23 heavy (non-hydrogen) atoms. The number of hydrogen-bond donors (Lipinski definition) is 1. The molecule has 1 N–H and O–H groups in total. The van der Waals surface area contributed by atoms with Crippen LogP contribution in [0.4, 0.5) is 4.39 Å². The van der Waals surface area contributed by atoms with Crippen molar-refractivity contribution < 1.29 is 22.4 Å². The Morgan fingerprint density at radius 3 is 2.78 bits per heavy atom. The highest BCUT2D eigenvalue weighted by molar-refractivity contribution is 7.90. The molecule has 0 aliphatic carbocycles. The smallest absolute Gasteiger partial charge is 0.241 e. The lowest BCUT2D eigenvalue weighted by atomic mass is 10.0. The van der Waals surface area contributed by atoms with Crippen molar-refractivity contribution >= 4 is 9.84 Å². The zero-order chi connectivity index (χ0) is 17.0. The van der Waals surface area contributed by atoms with Crippen LogP contribution in [0.1, 0.15) is 42.3 Å². The summed E-state index contributed by atoms with van der Waals surface area (Å²) in [6.45, 7) is 3.57. The second kappa shape index (κ2) is 7.18. The Bertz CT molecular complexity index is 774. The summed E-state index contributed by atoms with van der Waals surface area (Å²) in [7, 11) is -3.65. The molecule has 1 aromatic heterocycles. The number of nitrogens with zero attached hydrogens (tertiary/aromatic N) is 2. The predicted molar refractivity (Wildman–Crippen MR) is 81.9 cm³/mol. The van der Waals surface area contributed by atoms with Crippen molar-refractivity contribution in [3.05, 3.63) is 46.9 Å². The van der Waals surface area contributed by atoms with Crippen molar-refractivity contribution in [1.29, 1.82) is 0 Å². The fourth-order valence-corrected chi connectivity index (χ4v) is 3.54. The first kappa shape index (κ1) is 17.6. The van der Waals surface area contributed by atoms with Gasteiger partial charge in [-0.05, 0) is 36.6 Å². The number of aryl methyl sites for hydroxylation is 2. The van der Waals surface area contributed by atoms with Crippen LogP contribution in [0.5, 0.6) is 0 Å². The van der Waals surface area contributed by atoms with E-state index in [-0.39, 0.29) is 5.89 Å². The molecule has 8 heteroatoms. The third-order valence-electron chi connectivity index (χ3n) is 3.33. The average Bonchev–Trinajstić information content (AvgIpc) is 2.84. The molecule has 126 valence electrons. The quantitative estimate of drug-likeness (QED) is 0.828. The maximum atomic E-state index is 13.1. The van der Waals surface area contributed by atoms with Gasteiger partial charge in [-0.15, -0.1) is 0 Å². The topological polar surface area (TPSA) is 93.3 Å². The van der Waals surface area contributed by atoms with E-state index in [1.165, 1.54) is 18.2 Å². The molecular weight excluding hydrogens is 323 g/mol. The van der Waals surface area contributed by atoms with Gasteiger partial charge in [-0.25, -0.2) is 12.8 Å². The highest BCUT2D eigenvalue weighted by atomic mass is 32.2. The van der Waals surface area contributed by atoms with E-state index in [2.05, 4.69) is 10.1 Å². The summed E-state index contributed by atoms with van der Waals surface area (Å²) in [5, 5.41) is 13.8. The van der Waals surface area contributed by atoms with Gasteiger partial charge in [-0.2, -0.15) is 4.98 Å². The molecule has 2 rings (SSSR count). The third-order valence-corrected chi connectivity index (χ3v) is 4.84. The van der Waals surface area contributed by atoms with Crippen LogP contribution in [-0.4, -0.2) is 29.4 Å². The zero-order valence-electron chi connectivity index (χ0n) is 13.0. The van der Waals surface area contributed by atoms with E-state index in [0.717, 1.165) is 6.42 Å². The molecular formula is C15H19FN2O4S. The molecule has 0 saturated carbocycles. The standard InChI is InChI=1S/C15H19FN2O4S/c1-3-4-14-17-15(22-18-14)9-23(20,21)8-13(19)12-6-5-11(16)7-10(12)2/h5-7,13,19H,3-4,8-9H2,1-2H3. The number of aliphatic hydroxyl groups excluding tert-OH is 1. The van der Waals surface area contributed by atoms with E-state index in [9.17, 15) is 17.9 Å². The summed E-state index contributed by atoms with van der Waals surface area (Å²) >= 11 is 0. The largest absolute Gasteiger partial charge is 0.387 e. The molecule has 1 atom stereocenters. The van der Waals surface area contributed by atoms with E-state index < -0.39 is 33.3 Å². The maximum absolute atomic E-state index is 13.1. The van der Waals surface area contributed by atoms with Crippen LogP contribution < -0.4 is 0 Å². The van der Waals surface area contributed by atoms with Gasteiger partial charge in [0.05, 0.1) is 11.9 Å². The highest BCUT2D eigenvalue weighted by Crippen LogP contribution is 2.21. The lowest BCUT2D eigenvalue weighted by Gasteiger charge is -2.13. The first-order valence-corrected chi connectivity index (χ1v) is 9.09. The van der Waals surface area contributed by atoms with Crippen LogP contribution in [0, 0.1) is 12.7 Å². The van der Waals surface area contributed by atoms with Crippen LogP contribution in [-0.2, 0) is 22.0 Å². The number of hydrogen-bond acceptors (Lipinski definition) is 6. The molecule has 1 aromatic carbocycles. The van der Waals surface area contributed by atoms with E-state index >= 15 is 0 Å². The predicted octanol–water partition coefficient (Wildman–Crippen LogP) is 2.12. The van der Waals surface area contributed by atoms with Crippen LogP contribution in [0.2, 0.25) is 0 Å². The molecule has 2 aromatic rings. The van der Waals surface area contributed by atoms with Crippen LogP contribution in [0.3, 0.4) is 0 Å². The number of halogens is 1. The summed E-state index contributed by atoms with van der Waals surface area (Å²) in [5.74, 6) is -0.883. The van der Waals surface area contributed by atoms with E-state index in [0.29, 0.717) is 23.4 Å². The van der Waals surface area contributed by atoms with Crippen molar-refractivity contribution in [1.82, 2.24) is 10.1 Å². The first-order chi connectivity index (χ1) is 10.8. The lowest BCUT2D eigenvalue weighted by molar-refractivity contribution is 0.200. The van der Waals surface area contributed by atoms with Gasteiger partial charge in [0.1, 0.15) is 11.6 Å². The van der Waals surface area contributed by atoms with Gasteiger partial charge in [-0.3, -0.25) is 0 Å². The zero-order valence-corrected chi connectivity index (χ0v) is 13.8. The number of aromatic nitrogens is 2. The maximum Gasteiger partial charge on any atom is 0.241 e. The van der Waals surface area contributed by atoms with Crippen molar-refractivity contribution in [2.75, 3.05) is 5.75 Å². The van der Waals surface area contributed by atoms with Gasteiger partial charge in [0.25, 0.3) is 0 Å². The van der Waals surface area contributed by atoms with Gasteiger partial charge in [0.2, 0.25) is 5.89 Å². The minimum absolute atomic E-state index is 0.0106. The molecule has 0 spiro atoms. The van der Waals surface area contributed by atoms with E-state index in [1.54, 1.807) is 6.92 Å². The Morgan fingerprint density at radius 2 is 2.13 bits per heavy atom. The average molecular weight is 342 g/mol. The molecule has 0 aliphatic rings. The van der Waals surface area contributed by atoms with Crippen LogP contribution in [0.25, 0.3) is 0 Å². The third kappa shape index (κ3) is 4.84. The second-order valence-corrected chi connectivity index (χ2v) is 7.53. The molecule has 1 unspecified atom stereocenters. The van der Waals surface area contributed by atoms with Crippen molar-refractivity contribution in [2.24, 2.45) is 0 Å². The molecule has 0 bridgehead atoms. The number of sulfone groups is 1. The Hall–Kier alpha value is -1.80. The summed E-state index contributed by atoms with van der Waals surface area (Å²) < 4.78 is 42.3. The fourth-order valence-electron chi connectivity index (χ4n) is 2.26. The van der Waals surface area contributed by atoms with E-state index in [4.69, 9.17) is 4.52 Å². The van der Waals surface area contributed by atoms with Crippen molar-refractivity contribution in [3.8, 4) is 0 Å². The highest BCUT2D eigenvalue weighted by Gasteiger charge is 2.23. The van der Waals surface area contributed by atoms with Gasteiger partial charge in [0, 0.05) is 6.42 Å². The molecule has 0 radical (unpaired) electrons. The number of rotatable bonds is 7. The van der Waals surface area contributed by atoms with Gasteiger partial charge in [0.15, 0.2) is 15.7 Å². The summed E-state index contributed by atoms with van der Waals surface area (Å²) in [5.41, 5.74) is 0.878. The molecule has 0 aliphatic heterocycles. The lowest BCUT2D eigenvalue weighted by Crippen LogP contribution is -2.17.